The van der Waals surface area contributed by atoms with Crippen molar-refractivity contribution in [2.45, 2.75) is 25.4 Å². The van der Waals surface area contributed by atoms with Crippen LogP contribution < -0.4 is 0 Å². The minimum absolute atomic E-state index is 0.0307. The molecule has 1 fully saturated rings. The molecule has 2 heterocycles. The molecule has 1 amide bonds. The summed E-state index contributed by atoms with van der Waals surface area (Å²) in [6.45, 7) is 2.32. The Balaban J connectivity index is 2.13. The Morgan fingerprint density at radius 3 is 2.95 bits per heavy atom. The predicted octanol–water partition coefficient (Wildman–Crippen LogP) is 0.497. The zero-order valence-electron chi connectivity index (χ0n) is 11.3. The highest BCUT2D eigenvalue weighted by Crippen LogP contribution is 2.16. The number of likely N-dealkylation sites (N-methyl/N-ethyl adjacent to an activating group) is 1. The first-order chi connectivity index (χ1) is 9.22. The van der Waals surface area contributed by atoms with Crippen LogP contribution in [0.4, 0.5) is 0 Å². The molecule has 0 aliphatic carbocycles. The molecular formula is C14H21N3O2. The Hall–Kier alpha value is -1.46. The van der Waals surface area contributed by atoms with Crippen molar-refractivity contribution < 1.29 is 9.90 Å². The van der Waals surface area contributed by atoms with E-state index >= 15 is 0 Å². The molecule has 1 unspecified atom stereocenters. The van der Waals surface area contributed by atoms with Gasteiger partial charge in [-0.15, -0.1) is 0 Å². The Morgan fingerprint density at radius 1 is 1.42 bits per heavy atom. The normalized spacial score (nSPS) is 21.5. The zero-order valence-corrected chi connectivity index (χ0v) is 11.3. The fourth-order valence-corrected chi connectivity index (χ4v) is 2.50. The molecule has 1 aliphatic rings. The second-order valence-electron chi connectivity index (χ2n) is 4.93. The van der Waals surface area contributed by atoms with E-state index in [0.29, 0.717) is 13.0 Å². The average molecular weight is 263 g/mol. The SMILES string of the molecule is CN1CCCN(Cc2ccccn2)C(CCO)C1=O. The monoisotopic (exact) mass is 263 g/mol. The van der Waals surface area contributed by atoms with Crippen molar-refractivity contribution in [1.82, 2.24) is 14.8 Å². The van der Waals surface area contributed by atoms with Crippen LogP contribution in [0.1, 0.15) is 18.5 Å². The number of carbonyl (C=O) groups excluding carboxylic acids is 1. The molecule has 19 heavy (non-hydrogen) atoms. The minimum Gasteiger partial charge on any atom is -0.396 e. The quantitative estimate of drug-likeness (QED) is 0.859. The van der Waals surface area contributed by atoms with Crippen LogP contribution in [0.5, 0.6) is 0 Å². The Morgan fingerprint density at radius 2 is 2.26 bits per heavy atom. The molecular weight excluding hydrogens is 242 g/mol. The van der Waals surface area contributed by atoms with E-state index in [1.807, 2.05) is 25.2 Å². The van der Waals surface area contributed by atoms with Crippen LogP contribution in [0.2, 0.25) is 0 Å². The lowest BCUT2D eigenvalue weighted by atomic mass is 10.1. The molecule has 0 spiro atoms. The summed E-state index contributed by atoms with van der Waals surface area (Å²) >= 11 is 0. The lowest BCUT2D eigenvalue weighted by molar-refractivity contribution is -0.134. The molecule has 1 aliphatic heterocycles. The van der Waals surface area contributed by atoms with Crippen LogP contribution in [0, 0.1) is 0 Å². The van der Waals surface area contributed by atoms with E-state index in [-0.39, 0.29) is 18.6 Å². The first-order valence-electron chi connectivity index (χ1n) is 6.72. The van der Waals surface area contributed by atoms with Crippen molar-refractivity contribution in [2.24, 2.45) is 0 Å². The number of hydrogen-bond acceptors (Lipinski definition) is 4. The molecule has 5 nitrogen and oxygen atoms in total. The number of hydrogen-bond donors (Lipinski definition) is 1. The van der Waals surface area contributed by atoms with E-state index in [9.17, 15) is 9.90 Å². The van der Waals surface area contributed by atoms with Gasteiger partial charge in [0, 0.05) is 39.5 Å². The van der Waals surface area contributed by atoms with Crippen molar-refractivity contribution in [2.75, 3.05) is 26.7 Å². The fourth-order valence-electron chi connectivity index (χ4n) is 2.50. The summed E-state index contributed by atoms with van der Waals surface area (Å²) < 4.78 is 0. The molecule has 104 valence electrons. The predicted molar refractivity (Wildman–Crippen MR) is 72.4 cm³/mol. The van der Waals surface area contributed by atoms with Crippen LogP contribution in [0.25, 0.3) is 0 Å². The third kappa shape index (κ3) is 3.52. The van der Waals surface area contributed by atoms with Gasteiger partial charge in [0.1, 0.15) is 0 Å². The first kappa shape index (κ1) is 14.0. The lowest BCUT2D eigenvalue weighted by Crippen LogP contribution is -2.45. The van der Waals surface area contributed by atoms with Crippen LogP contribution in [0.3, 0.4) is 0 Å². The Kier molecular flexibility index (Phi) is 4.87. The molecule has 5 heteroatoms. The number of pyridine rings is 1. The topological polar surface area (TPSA) is 56.7 Å². The molecule has 0 bridgehead atoms. The van der Waals surface area contributed by atoms with Gasteiger partial charge < -0.3 is 10.0 Å². The van der Waals surface area contributed by atoms with Gasteiger partial charge in [0.05, 0.1) is 11.7 Å². The highest BCUT2D eigenvalue weighted by atomic mass is 16.3. The summed E-state index contributed by atoms with van der Waals surface area (Å²) in [5, 5.41) is 9.19. The van der Waals surface area contributed by atoms with E-state index in [0.717, 1.165) is 25.2 Å². The molecule has 1 N–H and O–H groups in total. The third-order valence-corrected chi connectivity index (χ3v) is 3.53. The van der Waals surface area contributed by atoms with Crippen LogP contribution >= 0.6 is 0 Å². The van der Waals surface area contributed by atoms with Crippen LogP contribution in [-0.4, -0.2) is 58.6 Å². The summed E-state index contributed by atoms with van der Waals surface area (Å²) in [5.41, 5.74) is 0.961. The van der Waals surface area contributed by atoms with E-state index < -0.39 is 0 Å². The van der Waals surface area contributed by atoms with Crippen molar-refractivity contribution in [3.63, 3.8) is 0 Å². The molecule has 0 saturated carbocycles. The van der Waals surface area contributed by atoms with Crippen molar-refractivity contribution in [3.8, 4) is 0 Å². The molecule has 0 radical (unpaired) electrons. The van der Waals surface area contributed by atoms with Crippen molar-refractivity contribution in [3.05, 3.63) is 30.1 Å². The number of aromatic nitrogens is 1. The largest absolute Gasteiger partial charge is 0.396 e. The number of aliphatic hydroxyl groups is 1. The van der Waals surface area contributed by atoms with Gasteiger partial charge in [-0.2, -0.15) is 0 Å². The van der Waals surface area contributed by atoms with Gasteiger partial charge in [0.2, 0.25) is 5.91 Å². The highest BCUT2D eigenvalue weighted by Gasteiger charge is 2.30. The molecule has 1 aromatic rings. The maximum absolute atomic E-state index is 12.3. The maximum atomic E-state index is 12.3. The Bertz CT molecular complexity index is 410. The van der Waals surface area contributed by atoms with Crippen molar-refractivity contribution >= 4 is 5.91 Å². The fraction of sp³-hybridized carbons (Fsp3) is 0.571. The number of amides is 1. The zero-order chi connectivity index (χ0) is 13.7. The molecule has 0 aromatic carbocycles. The van der Waals surface area contributed by atoms with Gasteiger partial charge in [0.25, 0.3) is 0 Å². The molecule has 1 aromatic heterocycles. The van der Waals surface area contributed by atoms with Crippen LogP contribution in [-0.2, 0) is 11.3 Å². The molecule has 2 rings (SSSR count). The highest BCUT2D eigenvalue weighted by molar-refractivity contribution is 5.81. The average Bonchev–Trinajstić information content (AvgIpc) is 2.55. The summed E-state index contributed by atoms with van der Waals surface area (Å²) in [5.74, 6) is 0.0995. The number of nitrogens with zero attached hydrogens (tertiary/aromatic N) is 3. The molecule has 1 atom stereocenters. The summed E-state index contributed by atoms with van der Waals surface area (Å²) in [7, 11) is 1.83. The molecule has 1 saturated heterocycles. The summed E-state index contributed by atoms with van der Waals surface area (Å²) in [4.78, 5) is 20.5. The second kappa shape index (κ2) is 6.63. The van der Waals surface area contributed by atoms with Gasteiger partial charge in [-0.3, -0.25) is 14.7 Å². The first-order valence-corrected chi connectivity index (χ1v) is 6.72. The standard InChI is InChI=1S/C14H21N3O2/c1-16-8-4-9-17(13(6-10-18)14(16)19)11-12-5-2-3-7-15-12/h2-3,5,7,13,18H,4,6,8-11H2,1H3. The van der Waals surface area contributed by atoms with E-state index in [1.54, 1.807) is 11.1 Å². The summed E-state index contributed by atoms with van der Waals surface area (Å²) in [6.07, 6.45) is 3.20. The van der Waals surface area contributed by atoms with Crippen molar-refractivity contribution in [1.29, 1.82) is 0 Å². The summed E-state index contributed by atoms with van der Waals surface area (Å²) in [6, 6.07) is 5.57. The second-order valence-corrected chi connectivity index (χ2v) is 4.93. The van der Waals surface area contributed by atoms with E-state index in [1.165, 1.54) is 0 Å². The minimum atomic E-state index is -0.237. The van der Waals surface area contributed by atoms with E-state index in [2.05, 4.69) is 9.88 Å². The van der Waals surface area contributed by atoms with Gasteiger partial charge >= 0.3 is 0 Å². The number of rotatable bonds is 4. The Labute approximate surface area is 113 Å². The smallest absolute Gasteiger partial charge is 0.239 e. The van der Waals surface area contributed by atoms with Gasteiger partial charge in [-0.1, -0.05) is 6.07 Å². The van der Waals surface area contributed by atoms with E-state index in [4.69, 9.17) is 0 Å². The van der Waals surface area contributed by atoms with Gasteiger partial charge in [-0.25, -0.2) is 0 Å². The lowest BCUT2D eigenvalue weighted by Gasteiger charge is -2.28. The van der Waals surface area contributed by atoms with Gasteiger partial charge in [0.15, 0.2) is 0 Å². The third-order valence-electron chi connectivity index (χ3n) is 3.53. The van der Waals surface area contributed by atoms with Crippen LogP contribution in [0.15, 0.2) is 24.4 Å². The van der Waals surface area contributed by atoms with Gasteiger partial charge in [-0.05, 0) is 25.0 Å². The maximum Gasteiger partial charge on any atom is 0.239 e. The number of aliphatic hydroxyl groups excluding tert-OH is 1. The number of carbonyl (C=O) groups is 1.